The van der Waals surface area contributed by atoms with Crippen LogP contribution < -0.4 is 10.6 Å². The van der Waals surface area contributed by atoms with Gasteiger partial charge in [-0.1, -0.05) is 29.8 Å². The summed E-state index contributed by atoms with van der Waals surface area (Å²) in [5.74, 6) is 0.00778. The Bertz CT molecular complexity index is 581. The monoisotopic (exact) mass is 332 g/mol. The highest BCUT2D eigenvalue weighted by atomic mass is 79.9. The summed E-state index contributed by atoms with van der Waals surface area (Å²) >= 11 is 3.46. The number of hydrogen-bond donors (Lipinski definition) is 2. The number of carbonyl (C=O) groups excluding carboxylic acids is 1. The molecule has 0 spiro atoms. The molecule has 0 fully saturated rings. The Kier molecular flexibility index (Phi) is 5.18. The molecule has 0 aromatic heterocycles. The van der Waals surface area contributed by atoms with Gasteiger partial charge in [0.1, 0.15) is 0 Å². The zero-order valence-corrected chi connectivity index (χ0v) is 12.9. The maximum absolute atomic E-state index is 11.8. The van der Waals surface area contributed by atoms with Gasteiger partial charge < -0.3 is 10.6 Å². The Morgan fingerprint density at radius 1 is 1.10 bits per heavy atom. The molecule has 104 valence electrons. The number of aryl methyl sites for hydroxylation is 1. The van der Waals surface area contributed by atoms with Crippen molar-refractivity contribution in [1.82, 2.24) is 0 Å². The van der Waals surface area contributed by atoms with Crippen molar-refractivity contribution in [2.45, 2.75) is 13.3 Å². The smallest absolute Gasteiger partial charge is 0.226 e. The fourth-order valence-electron chi connectivity index (χ4n) is 1.78. The van der Waals surface area contributed by atoms with Crippen LogP contribution in [0.3, 0.4) is 0 Å². The summed E-state index contributed by atoms with van der Waals surface area (Å²) in [6.07, 6.45) is 0.426. The first-order valence-corrected chi connectivity index (χ1v) is 7.29. The van der Waals surface area contributed by atoms with Crippen molar-refractivity contribution in [2.24, 2.45) is 0 Å². The number of amides is 1. The summed E-state index contributed by atoms with van der Waals surface area (Å²) in [4.78, 5) is 11.8. The van der Waals surface area contributed by atoms with Gasteiger partial charge in [-0.25, -0.2) is 0 Å². The first-order valence-electron chi connectivity index (χ1n) is 6.50. The van der Waals surface area contributed by atoms with E-state index in [1.54, 1.807) is 0 Å². The molecular weight excluding hydrogens is 316 g/mol. The number of anilines is 2. The molecule has 0 saturated carbocycles. The molecule has 0 atom stereocenters. The Balaban J connectivity index is 1.78. The Morgan fingerprint density at radius 3 is 2.50 bits per heavy atom. The van der Waals surface area contributed by atoms with E-state index in [4.69, 9.17) is 0 Å². The lowest BCUT2D eigenvalue weighted by molar-refractivity contribution is -0.115. The molecule has 0 radical (unpaired) electrons. The first kappa shape index (κ1) is 14.6. The van der Waals surface area contributed by atoms with Crippen LogP contribution in [-0.4, -0.2) is 12.5 Å². The van der Waals surface area contributed by atoms with Crippen LogP contribution in [0, 0.1) is 6.92 Å². The molecule has 2 aromatic carbocycles. The van der Waals surface area contributed by atoms with Gasteiger partial charge in [0.2, 0.25) is 5.91 Å². The molecule has 0 saturated heterocycles. The van der Waals surface area contributed by atoms with E-state index in [-0.39, 0.29) is 5.91 Å². The number of benzene rings is 2. The molecule has 3 nitrogen and oxygen atoms in total. The van der Waals surface area contributed by atoms with Crippen molar-refractivity contribution in [3.05, 3.63) is 58.6 Å². The van der Waals surface area contributed by atoms with Gasteiger partial charge in [0.15, 0.2) is 0 Å². The van der Waals surface area contributed by atoms with E-state index in [1.165, 1.54) is 5.56 Å². The molecule has 2 N–H and O–H groups in total. The molecule has 0 aliphatic heterocycles. The van der Waals surface area contributed by atoms with Crippen molar-refractivity contribution >= 4 is 33.2 Å². The average molecular weight is 333 g/mol. The van der Waals surface area contributed by atoms with E-state index in [1.807, 2.05) is 55.5 Å². The van der Waals surface area contributed by atoms with Gasteiger partial charge in [-0.2, -0.15) is 0 Å². The largest absolute Gasteiger partial charge is 0.384 e. The third kappa shape index (κ3) is 4.38. The minimum absolute atomic E-state index is 0.00778. The molecule has 20 heavy (non-hydrogen) atoms. The molecule has 2 aromatic rings. The van der Waals surface area contributed by atoms with Gasteiger partial charge in [0, 0.05) is 28.8 Å². The third-order valence-electron chi connectivity index (χ3n) is 2.88. The van der Waals surface area contributed by atoms with Crippen molar-refractivity contribution in [2.75, 3.05) is 17.2 Å². The highest BCUT2D eigenvalue weighted by Crippen LogP contribution is 2.20. The summed E-state index contributed by atoms with van der Waals surface area (Å²) in [6.45, 7) is 2.62. The predicted octanol–water partition coefficient (Wildman–Crippen LogP) is 4.20. The van der Waals surface area contributed by atoms with Crippen LogP contribution in [0.5, 0.6) is 0 Å². The molecule has 0 aliphatic rings. The average Bonchev–Trinajstić information content (AvgIpc) is 2.43. The normalized spacial score (nSPS) is 10.1. The number of hydrogen-bond acceptors (Lipinski definition) is 2. The second-order valence-corrected chi connectivity index (χ2v) is 5.43. The van der Waals surface area contributed by atoms with Crippen LogP contribution in [0.15, 0.2) is 53.0 Å². The SMILES string of the molecule is Cc1ccc(NC(=O)CCNc2ccccc2Br)cc1. The van der Waals surface area contributed by atoms with Gasteiger partial charge >= 0.3 is 0 Å². The van der Waals surface area contributed by atoms with Crippen LogP contribution in [0.25, 0.3) is 0 Å². The molecular formula is C16H17BrN2O. The lowest BCUT2D eigenvalue weighted by Crippen LogP contribution is -2.16. The summed E-state index contributed by atoms with van der Waals surface area (Å²) < 4.78 is 0.999. The molecule has 0 unspecified atom stereocenters. The molecule has 0 heterocycles. The molecule has 4 heteroatoms. The van der Waals surface area contributed by atoms with E-state index < -0.39 is 0 Å². The topological polar surface area (TPSA) is 41.1 Å². The summed E-state index contributed by atoms with van der Waals surface area (Å²) in [5.41, 5.74) is 3.01. The minimum atomic E-state index is 0.00778. The van der Waals surface area contributed by atoms with E-state index in [0.717, 1.165) is 15.8 Å². The number of nitrogens with one attached hydrogen (secondary N) is 2. The highest BCUT2D eigenvalue weighted by molar-refractivity contribution is 9.10. The minimum Gasteiger partial charge on any atom is -0.384 e. The molecule has 1 amide bonds. The predicted molar refractivity (Wildman–Crippen MR) is 87.1 cm³/mol. The molecule has 2 rings (SSSR count). The first-order chi connectivity index (χ1) is 9.65. The van der Waals surface area contributed by atoms with Gasteiger partial charge in [-0.3, -0.25) is 4.79 Å². The third-order valence-corrected chi connectivity index (χ3v) is 3.57. The quantitative estimate of drug-likeness (QED) is 0.861. The Labute approximate surface area is 127 Å². The zero-order chi connectivity index (χ0) is 14.4. The van der Waals surface area contributed by atoms with Crippen molar-refractivity contribution in [1.29, 1.82) is 0 Å². The van der Waals surface area contributed by atoms with Gasteiger partial charge in [-0.05, 0) is 47.1 Å². The maximum Gasteiger partial charge on any atom is 0.226 e. The van der Waals surface area contributed by atoms with Gasteiger partial charge in [0.05, 0.1) is 0 Å². The zero-order valence-electron chi connectivity index (χ0n) is 11.3. The number of rotatable bonds is 5. The lowest BCUT2D eigenvalue weighted by Gasteiger charge is -2.09. The fraction of sp³-hybridized carbons (Fsp3) is 0.188. The van der Waals surface area contributed by atoms with Gasteiger partial charge in [0.25, 0.3) is 0 Å². The van der Waals surface area contributed by atoms with E-state index in [9.17, 15) is 4.79 Å². The summed E-state index contributed by atoms with van der Waals surface area (Å²) in [6, 6.07) is 15.6. The van der Waals surface area contributed by atoms with Crippen LogP contribution in [0.4, 0.5) is 11.4 Å². The summed E-state index contributed by atoms with van der Waals surface area (Å²) in [5, 5.41) is 6.11. The second kappa shape index (κ2) is 7.10. The van der Waals surface area contributed by atoms with Crippen molar-refractivity contribution in [3.63, 3.8) is 0 Å². The Hall–Kier alpha value is -1.81. The fourth-order valence-corrected chi connectivity index (χ4v) is 2.20. The highest BCUT2D eigenvalue weighted by Gasteiger charge is 2.03. The van der Waals surface area contributed by atoms with E-state index >= 15 is 0 Å². The second-order valence-electron chi connectivity index (χ2n) is 4.57. The number of para-hydroxylation sites is 1. The molecule has 0 bridgehead atoms. The summed E-state index contributed by atoms with van der Waals surface area (Å²) in [7, 11) is 0. The van der Waals surface area contributed by atoms with Gasteiger partial charge in [-0.15, -0.1) is 0 Å². The standard InChI is InChI=1S/C16H17BrN2O/c1-12-6-8-13(9-7-12)19-16(20)10-11-18-15-5-3-2-4-14(15)17/h2-9,18H,10-11H2,1H3,(H,19,20). The molecule has 0 aliphatic carbocycles. The number of carbonyl (C=O) groups is 1. The number of halogens is 1. The maximum atomic E-state index is 11.8. The Morgan fingerprint density at radius 2 is 1.80 bits per heavy atom. The van der Waals surface area contributed by atoms with Crippen molar-refractivity contribution < 1.29 is 4.79 Å². The lowest BCUT2D eigenvalue weighted by atomic mass is 10.2. The van der Waals surface area contributed by atoms with E-state index in [2.05, 4.69) is 26.6 Å². The van der Waals surface area contributed by atoms with Crippen LogP contribution in [0.2, 0.25) is 0 Å². The van der Waals surface area contributed by atoms with Crippen molar-refractivity contribution in [3.8, 4) is 0 Å². The van der Waals surface area contributed by atoms with Crippen LogP contribution >= 0.6 is 15.9 Å². The van der Waals surface area contributed by atoms with Crippen LogP contribution in [0.1, 0.15) is 12.0 Å². The van der Waals surface area contributed by atoms with Crippen LogP contribution in [-0.2, 0) is 4.79 Å². The van der Waals surface area contributed by atoms with E-state index in [0.29, 0.717) is 13.0 Å².